The maximum atomic E-state index is 12.5. The largest absolute Gasteiger partial charge is 0.457 e. The maximum absolute atomic E-state index is 12.5. The van der Waals surface area contributed by atoms with E-state index in [2.05, 4.69) is 78.8 Å². The van der Waals surface area contributed by atoms with Gasteiger partial charge in [0.15, 0.2) is 6.29 Å². The van der Waals surface area contributed by atoms with E-state index in [4.69, 9.17) is 23.5 Å². The predicted octanol–water partition coefficient (Wildman–Crippen LogP) is 5.84. The molecule has 1 rings (SSSR count). The zero-order valence-corrected chi connectivity index (χ0v) is 30.7. The summed E-state index contributed by atoms with van der Waals surface area (Å²) in [5.74, 6) is -0.432. The van der Waals surface area contributed by atoms with E-state index in [-0.39, 0.29) is 19.6 Å². The van der Waals surface area contributed by atoms with Gasteiger partial charge >= 0.3 is 16.4 Å². The van der Waals surface area contributed by atoms with Crippen molar-refractivity contribution in [3.63, 3.8) is 0 Å². The fraction of sp³-hybridized carbons (Fsp3) is 0.703. The van der Waals surface area contributed by atoms with Crippen molar-refractivity contribution in [3.05, 3.63) is 60.8 Å². The lowest BCUT2D eigenvalue weighted by Gasteiger charge is -2.41. The molecule has 0 bridgehead atoms. The molecule has 0 aliphatic carbocycles. The molecule has 50 heavy (non-hydrogen) atoms. The molecule has 6 unspecified atom stereocenters. The van der Waals surface area contributed by atoms with Crippen LogP contribution in [-0.4, -0.2) is 97.5 Å². The zero-order chi connectivity index (χ0) is 36.9. The van der Waals surface area contributed by atoms with Gasteiger partial charge in [-0.2, -0.15) is 8.42 Å². The summed E-state index contributed by atoms with van der Waals surface area (Å²) in [7, 11) is -5.06. The smallest absolute Gasteiger partial charge is 0.397 e. The molecular weight excluding hydrogens is 668 g/mol. The summed E-state index contributed by atoms with van der Waals surface area (Å²) in [6.45, 7) is 3.61. The Morgan fingerprint density at radius 2 is 1.38 bits per heavy atom. The molecule has 1 fully saturated rings. The summed E-state index contributed by atoms with van der Waals surface area (Å²) in [4.78, 5) is 12.5. The molecule has 0 spiro atoms. The molecule has 0 aromatic heterocycles. The van der Waals surface area contributed by atoms with Crippen LogP contribution in [0.2, 0.25) is 0 Å². The Labute approximate surface area is 299 Å². The van der Waals surface area contributed by atoms with Crippen LogP contribution in [0.5, 0.6) is 0 Å². The first-order valence-corrected chi connectivity index (χ1v) is 19.4. The average Bonchev–Trinajstić information content (AvgIpc) is 3.08. The van der Waals surface area contributed by atoms with Gasteiger partial charge in [-0.3, -0.25) is 9.35 Å². The third-order valence-electron chi connectivity index (χ3n) is 7.65. The van der Waals surface area contributed by atoms with E-state index >= 15 is 0 Å². The summed E-state index contributed by atoms with van der Waals surface area (Å²) in [5.41, 5.74) is 0. The number of hydrogen-bond donors (Lipinski definition) is 4. The van der Waals surface area contributed by atoms with E-state index in [0.717, 1.165) is 77.0 Å². The number of esters is 1. The van der Waals surface area contributed by atoms with Crippen molar-refractivity contribution in [2.45, 2.75) is 141 Å². The monoisotopic (exact) mass is 730 g/mol. The van der Waals surface area contributed by atoms with Crippen molar-refractivity contribution < 1.29 is 56.2 Å². The first-order valence-electron chi connectivity index (χ1n) is 18.0. The Balaban J connectivity index is 2.48. The van der Waals surface area contributed by atoms with Crippen molar-refractivity contribution in [2.75, 3.05) is 26.4 Å². The fourth-order valence-corrected chi connectivity index (χ4v) is 5.44. The second-order valence-corrected chi connectivity index (χ2v) is 13.1. The van der Waals surface area contributed by atoms with Gasteiger partial charge in [0.1, 0.15) is 30.5 Å². The van der Waals surface area contributed by atoms with Crippen LogP contribution in [0.1, 0.15) is 104 Å². The van der Waals surface area contributed by atoms with Crippen LogP contribution in [0.3, 0.4) is 0 Å². The van der Waals surface area contributed by atoms with Gasteiger partial charge in [-0.15, -0.1) is 0 Å². The number of aliphatic hydroxyl groups excluding tert-OH is 3. The second kappa shape index (κ2) is 29.4. The number of ether oxygens (including phenoxy) is 4. The average molecular weight is 731 g/mol. The Kier molecular flexibility index (Phi) is 26.9. The lowest BCUT2D eigenvalue weighted by molar-refractivity contribution is -0.301. The van der Waals surface area contributed by atoms with Crippen molar-refractivity contribution >= 4 is 16.4 Å². The number of rotatable bonds is 29. The molecule has 0 aromatic carbocycles. The standard InChI is InChI=1S/C37H62O12S/c1-3-5-7-9-10-11-12-13-14-15-16-17-18-19-20-21-23-25-27-45-29-31(47-33(39)26-24-22-8-6-4-2)30-46-37-35(41)36(49-50(42,43)44)34(40)32(28-38)48-37/h5,7,10-11,13-14,16-17,19-20,31-32,34-38,40-41H,3-4,6,8-9,12,15,18,21-30H2,1-2H3,(H,42,43,44)/b7-5-,11-10-,14-13-,17-16-,20-19-. The molecule has 6 atom stereocenters. The highest BCUT2D eigenvalue weighted by atomic mass is 32.3. The van der Waals surface area contributed by atoms with Gasteiger partial charge in [0.25, 0.3) is 0 Å². The lowest BCUT2D eigenvalue weighted by atomic mass is 9.99. The molecular formula is C37H62O12S. The van der Waals surface area contributed by atoms with E-state index in [0.29, 0.717) is 13.0 Å². The molecule has 1 heterocycles. The number of carbonyl (C=O) groups excluding carboxylic acids is 1. The number of carbonyl (C=O) groups is 1. The van der Waals surface area contributed by atoms with E-state index in [1.54, 1.807) is 0 Å². The summed E-state index contributed by atoms with van der Waals surface area (Å²) in [6, 6.07) is 0. The Morgan fingerprint density at radius 1 is 0.780 bits per heavy atom. The van der Waals surface area contributed by atoms with E-state index in [1.165, 1.54) is 0 Å². The quantitative estimate of drug-likeness (QED) is 0.0313. The molecule has 1 aliphatic heterocycles. The molecule has 12 nitrogen and oxygen atoms in total. The molecule has 4 N–H and O–H groups in total. The maximum Gasteiger partial charge on any atom is 0.397 e. The van der Waals surface area contributed by atoms with E-state index in [9.17, 15) is 28.5 Å². The van der Waals surface area contributed by atoms with Crippen LogP contribution in [0.4, 0.5) is 0 Å². The van der Waals surface area contributed by atoms with Gasteiger partial charge in [-0.25, -0.2) is 4.18 Å². The summed E-state index contributed by atoms with van der Waals surface area (Å²) >= 11 is 0. The van der Waals surface area contributed by atoms with Gasteiger partial charge in [0, 0.05) is 13.0 Å². The molecule has 1 saturated heterocycles. The van der Waals surface area contributed by atoms with Gasteiger partial charge in [-0.05, 0) is 57.8 Å². The van der Waals surface area contributed by atoms with Crippen molar-refractivity contribution in [3.8, 4) is 0 Å². The fourth-order valence-electron chi connectivity index (χ4n) is 4.93. The molecule has 0 amide bonds. The number of allylic oxidation sites excluding steroid dienone is 10. The first kappa shape index (κ1) is 45.8. The minimum absolute atomic E-state index is 0.00304. The minimum atomic E-state index is -5.06. The highest BCUT2D eigenvalue weighted by Gasteiger charge is 2.48. The van der Waals surface area contributed by atoms with Crippen LogP contribution in [0.25, 0.3) is 0 Å². The Morgan fingerprint density at radius 3 is 1.96 bits per heavy atom. The zero-order valence-electron chi connectivity index (χ0n) is 29.9. The summed E-state index contributed by atoms with van der Waals surface area (Å²) < 4.78 is 58.4. The Bertz CT molecular complexity index is 1120. The van der Waals surface area contributed by atoms with Crippen molar-refractivity contribution in [2.24, 2.45) is 0 Å². The van der Waals surface area contributed by atoms with E-state index in [1.807, 2.05) is 0 Å². The first-order chi connectivity index (χ1) is 24.1. The highest BCUT2D eigenvalue weighted by Crippen LogP contribution is 2.26. The number of unbranched alkanes of at least 4 members (excludes halogenated alkanes) is 6. The normalized spacial score (nSPS) is 22.6. The predicted molar refractivity (Wildman–Crippen MR) is 193 cm³/mol. The molecule has 13 heteroatoms. The summed E-state index contributed by atoms with van der Waals surface area (Å²) in [6.07, 6.45) is 24.7. The van der Waals surface area contributed by atoms with Crippen LogP contribution in [0.15, 0.2) is 60.8 Å². The highest BCUT2D eigenvalue weighted by molar-refractivity contribution is 7.80. The number of aliphatic hydroxyl groups is 3. The van der Waals surface area contributed by atoms with Crippen LogP contribution in [-0.2, 0) is 38.3 Å². The van der Waals surface area contributed by atoms with Crippen LogP contribution in [0, 0.1) is 0 Å². The molecule has 0 radical (unpaired) electrons. The van der Waals surface area contributed by atoms with Gasteiger partial charge < -0.3 is 34.3 Å². The van der Waals surface area contributed by atoms with Crippen LogP contribution < -0.4 is 0 Å². The lowest BCUT2D eigenvalue weighted by Crippen LogP contribution is -2.60. The van der Waals surface area contributed by atoms with Crippen molar-refractivity contribution in [1.29, 1.82) is 0 Å². The van der Waals surface area contributed by atoms with Gasteiger partial charge in [0.2, 0.25) is 0 Å². The van der Waals surface area contributed by atoms with Crippen molar-refractivity contribution in [1.82, 2.24) is 0 Å². The van der Waals surface area contributed by atoms with E-state index < -0.39 is 59.8 Å². The van der Waals surface area contributed by atoms with Crippen LogP contribution >= 0.6 is 0 Å². The third-order valence-corrected chi connectivity index (χ3v) is 8.12. The second-order valence-electron chi connectivity index (χ2n) is 12.1. The molecule has 0 aromatic rings. The summed E-state index contributed by atoms with van der Waals surface area (Å²) in [5, 5.41) is 30.4. The third kappa shape index (κ3) is 23.3. The molecule has 288 valence electrons. The van der Waals surface area contributed by atoms with Gasteiger partial charge in [0.05, 0.1) is 19.8 Å². The molecule has 0 saturated carbocycles. The minimum Gasteiger partial charge on any atom is -0.457 e. The number of hydrogen-bond acceptors (Lipinski definition) is 11. The van der Waals surface area contributed by atoms with Gasteiger partial charge in [-0.1, -0.05) is 100 Å². The SMILES string of the molecule is CC/C=C\C/C=C\C/C=C\C/C=C\C/C=C\CCCCOCC(COC1OC(CO)C(O)C(OS(=O)(=O)O)C1O)OC(=O)CCCCCCC. The topological polar surface area (TPSA) is 178 Å². The molecule has 1 aliphatic rings. The Hall–Kier alpha value is -2.20.